The Hall–Kier alpha value is -1.46. The van der Waals surface area contributed by atoms with Crippen molar-refractivity contribution >= 4 is 35.9 Å². The number of nitrogens with one attached hydrogen (secondary N) is 1. The first-order valence-electron chi connectivity index (χ1n) is 7.60. The summed E-state index contributed by atoms with van der Waals surface area (Å²) < 4.78 is 5.26. The topological polar surface area (TPSA) is 79.4 Å². The second kappa shape index (κ2) is 9.63. The molecule has 1 aliphatic rings. The Morgan fingerprint density at radius 2 is 2.09 bits per heavy atom. The van der Waals surface area contributed by atoms with E-state index in [0.29, 0.717) is 23.1 Å². The molecule has 1 aromatic carbocycles. The molecule has 0 aliphatic carbocycles. The highest BCUT2D eigenvalue weighted by molar-refractivity contribution is 6.30. The van der Waals surface area contributed by atoms with Crippen LogP contribution in [0.25, 0.3) is 0 Å². The molecule has 1 heterocycles. The minimum Gasteiger partial charge on any atom is -0.427 e. The van der Waals surface area contributed by atoms with E-state index in [2.05, 4.69) is 0 Å². The predicted octanol–water partition coefficient (Wildman–Crippen LogP) is 3.44. The smallest absolute Gasteiger partial charge is 0.311 e. The molecule has 1 atom stereocenters. The molecule has 1 fully saturated rings. The molecule has 0 amide bonds. The molecule has 0 spiro atoms. The van der Waals surface area contributed by atoms with Gasteiger partial charge in [0.15, 0.2) is 5.96 Å². The average Bonchev–Trinajstić information content (AvgIpc) is 2.50. The fourth-order valence-electron chi connectivity index (χ4n) is 2.74. The number of piperidine rings is 1. The van der Waals surface area contributed by atoms with Gasteiger partial charge in [-0.3, -0.25) is 10.2 Å². The highest BCUT2D eigenvalue weighted by atomic mass is 35.5. The summed E-state index contributed by atoms with van der Waals surface area (Å²) in [6, 6.07) is 6.77. The maximum atomic E-state index is 11.8. The molecule has 1 aliphatic heterocycles. The maximum Gasteiger partial charge on any atom is 0.311 e. The first-order valence-corrected chi connectivity index (χ1v) is 7.97. The van der Waals surface area contributed by atoms with E-state index in [0.717, 1.165) is 38.8 Å². The lowest BCUT2D eigenvalue weighted by molar-refractivity contribution is -0.134. The zero-order chi connectivity index (χ0) is 15.9. The summed E-state index contributed by atoms with van der Waals surface area (Å²) in [4.78, 5) is 13.7. The molecule has 0 saturated carbocycles. The summed E-state index contributed by atoms with van der Waals surface area (Å²) in [5, 5.41) is 8.10. The van der Waals surface area contributed by atoms with Gasteiger partial charge in [-0.15, -0.1) is 12.4 Å². The summed E-state index contributed by atoms with van der Waals surface area (Å²) in [6.07, 6.45) is 4.34. The third-order valence-corrected chi connectivity index (χ3v) is 4.15. The van der Waals surface area contributed by atoms with Crippen LogP contribution in [0.3, 0.4) is 0 Å². The van der Waals surface area contributed by atoms with Crippen LogP contribution in [0.4, 0.5) is 0 Å². The normalized spacial score (nSPS) is 17.3. The molecule has 23 heavy (non-hydrogen) atoms. The first kappa shape index (κ1) is 19.6. The Bertz CT molecular complexity index is 523. The minimum absolute atomic E-state index is 0. The molecule has 128 valence electrons. The van der Waals surface area contributed by atoms with Gasteiger partial charge < -0.3 is 15.4 Å². The van der Waals surface area contributed by atoms with Gasteiger partial charge in [-0.25, -0.2) is 0 Å². The maximum absolute atomic E-state index is 11.8. The van der Waals surface area contributed by atoms with Gasteiger partial charge >= 0.3 is 5.97 Å². The van der Waals surface area contributed by atoms with Gasteiger partial charge in [-0.1, -0.05) is 11.6 Å². The number of nitrogens with zero attached hydrogens (tertiary/aromatic N) is 1. The van der Waals surface area contributed by atoms with Crippen molar-refractivity contribution < 1.29 is 9.53 Å². The summed E-state index contributed by atoms with van der Waals surface area (Å²) in [5.41, 5.74) is 5.53. The second-order valence-corrected chi connectivity index (χ2v) is 6.10. The lowest BCUT2D eigenvalue weighted by Gasteiger charge is -2.32. The van der Waals surface area contributed by atoms with Crippen LogP contribution in [0, 0.1) is 11.3 Å². The number of benzene rings is 1. The monoisotopic (exact) mass is 359 g/mol. The van der Waals surface area contributed by atoms with Crippen molar-refractivity contribution in [1.29, 1.82) is 5.41 Å². The van der Waals surface area contributed by atoms with Gasteiger partial charge in [0, 0.05) is 24.5 Å². The predicted molar refractivity (Wildman–Crippen MR) is 94.4 cm³/mol. The lowest BCUT2D eigenvalue weighted by atomic mass is 9.93. The minimum atomic E-state index is -0.221. The number of hydrogen-bond donors (Lipinski definition) is 2. The fraction of sp³-hybridized carbons (Fsp3) is 0.500. The zero-order valence-electron chi connectivity index (χ0n) is 13.0. The second-order valence-electron chi connectivity index (χ2n) is 5.66. The lowest BCUT2D eigenvalue weighted by Crippen LogP contribution is -2.43. The number of carbonyl (C=O) groups excluding carboxylic acids is 1. The Morgan fingerprint density at radius 3 is 2.74 bits per heavy atom. The Morgan fingerprint density at radius 1 is 1.39 bits per heavy atom. The van der Waals surface area contributed by atoms with Gasteiger partial charge in [-0.05, 0) is 55.9 Å². The molecule has 0 bridgehead atoms. The number of rotatable bonds is 5. The number of ether oxygens (including phenoxy) is 1. The van der Waals surface area contributed by atoms with E-state index in [-0.39, 0.29) is 24.3 Å². The average molecular weight is 360 g/mol. The van der Waals surface area contributed by atoms with E-state index < -0.39 is 0 Å². The zero-order valence-corrected chi connectivity index (χ0v) is 14.5. The molecule has 1 aromatic rings. The summed E-state index contributed by atoms with van der Waals surface area (Å²) in [7, 11) is 0. The van der Waals surface area contributed by atoms with Crippen molar-refractivity contribution in [3.8, 4) is 5.75 Å². The fourth-order valence-corrected chi connectivity index (χ4v) is 2.87. The van der Waals surface area contributed by atoms with E-state index in [4.69, 9.17) is 27.5 Å². The van der Waals surface area contributed by atoms with E-state index in [9.17, 15) is 4.79 Å². The number of esters is 1. The van der Waals surface area contributed by atoms with Gasteiger partial charge in [0.05, 0.1) is 0 Å². The van der Waals surface area contributed by atoms with Crippen molar-refractivity contribution in [3.63, 3.8) is 0 Å². The van der Waals surface area contributed by atoms with Crippen molar-refractivity contribution in [2.45, 2.75) is 32.1 Å². The standard InChI is InChI=1S/C16H22ClN3O2.ClH/c17-13-6-8-14(9-7-13)22-15(21)5-1-3-12-4-2-10-20(11-12)16(18)19;/h6-9,12H,1-5,10-11H2,(H3,18,19);1H. The number of nitrogens with two attached hydrogens (primary N) is 1. The molecule has 1 unspecified atom stereocenters. The van der Waals surface area contributed by atoms with Crippen molar-refractivity contribution in [1.82, 2.24) is 4.90 Å². The molecule has 0 aromatic heterocycles. The number of likely N-dealkylation sites (tertiary alicyclic amines) is 1. The highest BCUT2D eigenvalue weighted by Crippen LogP contribution is 2.22. The Balaban J connectivity index is 0.00000264. The molecule has 7 heteroatoms. The largest absolute Gasteiger partial charge is 0.427 e. The van der Waals surface area contributed by atoms with Crippen LogP contribution < -0.4 is 10.5 Å². The van der Waals surface area contributed by atoms with Crippen LogP contribution >= 0.6 is 24.0 Å². The first-order chi connectivity index (χ1) is 10.5. The molecule has 0 radical (unpaired) electrons. The van der Waals surface area contributed by atoms with Gasteiger partial charge in [-0.2, -0.15) is 0 Å². The highest BCUT2D eigenvalue weighted by Gasteiger charge is 2.20. The summed E-state index contributed by atoms with van der Waals surface area (Å²) >= 11 is 5.78. The van der Waals surface area contributed by atoms with E-state index >= 15 is 0 Å². The Labute approximate surface area is 148 Å². The van der Waals surface area contributed by atoms with E-state index in [1.807, 2.05) is 4.90 Å². The molecule has 3 N–H and O–H groups in total. The number of carbonyl (C=O) groups is 1. The number of halogens is 2. The van der Waals surface area contributed by atoms with Crippen molar-refractivity contribution in [2.24, 2.45) is 11.7 Å². The molecule has 1 saturated heterocycles. The third-order valence-electron chi connectivity index (χ3n) is 3.90. The third kappa shape index (κ3) is 6.67. The summed E-state index contributed by atoms with van der Waals surface area (Å²) in [6.45, 7) is 1.69. The van der Waals surface area contributed by atoms with Gasteiger partial charge in [0.2, 0.25) is 0 Å². The number of hydrogen-bond acceptors (Lipinski definition) is 3. The van der Waals surface area contributed by atoms with Crippen LogP contribution in [0.2, 0.25) is 5.02 Å². The van der Waals surface area contributed by atoms with E-state index in [1.165, 1.54) is 0 Å². The van der Waals surface area contributed by atoms with Crippen LogP contribution in [-0.2, 0) is 4.79 Å². The van der Waals surface area contributed by atoms with Crippen LogP contribution in [0.1, 0.15) is 32.1 Å². The Kier molecular flexibility index (Phi) is 8.20. The van der Waals surface area contributed by atoms with Crippen molar-refractivity contribution in [2.75, 3.05) is 13.1 Å². The van der Waals surface area contributed by atoms with Crippen LogP contribution in [-0.4, -0.2) is 29.9 Å². The summed E-state index contributed by atoms with van der Waals surface area (Å²) in [5.74, 6) is 0.948. The van der Waals surface area contributed by atoms with Gasteiger partial charge in [0.25, 0.3) is 0 Å². The van der Waals surface area contributed by atoms with Crippen molar-refractivity contribution in [3.05, 3.63) is 29.3 Å². The van der Waals surface area contributed by atoms with Crippen LogP contribution in [0.15, 0.2) is 24.3 Å². The molecule has 5 nitrogen and oxygen atoms in total. The van der Waals surface area contributed by atoms with E-state index in [1.54, 1.807) is 24.3 Å². The van der Waals surface area contributed by atoms with Gasteiger partial charge in [0.1, 0.15) is 5.75 Å². The number of guanidine groups is 1. The molecule has 2 rings (SSSR count). The molecular weight excluding hydrogens is 337 g/mol. The van der Waals surface area contributed by atoms with Crippen LogP contribution in [0.5, 0.6) is 5.75 Å². The quantitative estimate of drug-likeness (QED) is 0.365. The SMILES string of the molecule is Cl.N=C(N)N1CCCC(CCCC(=O)Oc2ccc(Cl)cc2)C1. The molecular formula is C16H23Cl2N3O2.